The van der Waals surface area contributed by atoms with Crippen LogP contribution in [0.25, 0.3) is 0 Å². The minimum atomic E-state index is 0.357. The molecule has 0 saturated heterocycles. The third-order valence-electron chi connectivity index (χ3n) is 9.29. The van der Waals surface area contributed by atoms with Crippen LogP contribution in [0.1, 0.15) is 181 Å². The van der Waals surface area contributed by atoms with Crippen molar-refractivity contribution in [2.45, 2.75) is 181 Å². The first kappa shape index (κ1) is 31.3. The van der Waals surface area contributed by atoms with Crippen LogP contribution in [0.15, 0.2) is 24.3 Å². The lowest BCUT2D eigenvalue weighted by molar-refractivity contribution is 0.312. The summed E-state index contributed by atoms with van der Waals surface area (Å²) in [7, 11) is 0. The van der Waals surface area contributed by atoms with Crippen LogP contribution in [0.5, 0.6) is 0 Å². The summed E-state index contributed by atoms with van der Waals surface area (Å²) in [4.78, 5) is 0. The SMILES string of the molecule is CCCCCCCCCC(CC)(CC)c1ccccc1C(CC)(CC)CCCCCCCCC. The zero-order chi connectivity index (χ0) is 25.1. The van der Waals surface area contributed by atoms with Crippen molar-refractivity contribution in [2.24, 2.45) is 0 Å². The Morgan fingerprint density at radius 2 is 0.706 bits per heavy atom. The van der Waals surface area contributed by atoms with Gasteiger partial charge in [0.25, 0.3) is 0 Å². The summed E-state index contributed by atoms with van der Waals surface area (Å²) in [6.07, 6.45) is 27.6. The van der Waals surface area contributed by atoms with E-state index in [1.54, 1.807) is 11.1 Å². The highest BCUT2D eigenvalue weighted by molar-refractivity contribution is 5.40. The van der Waals surface area contributed by atoms with Gasteiger partial charge in [0.05, 0.1) is 0 Å². The Kier molecular flexibility index (Phi) is 17.0. The summed E-state index contributed by atoms with van der Waals surface area (Å²) in [5, 5.41) is 0. The zero-order valence-electron chi connectivity index (χ0n) is 24.5. The minimum absolute atomic E-state index is 0.357. The van der Waals surface area contributed by atoms with Gasteiger partial charge in [-0.2, -0.15) is 0 Å². The first-order chi connectivity index (χ1) is 16.6. The summed E-state index contributed by atoms with van der Waals surface area (Å²) in [5.41, 5.74) is 4.13. The average Bonchev–Trinajstić information content (AvgIpc) is 2.88. The number of benzene rings is 1. The van der Waals surface area contributed by atoms with Gasteiger partial charge < -0.3 is 0 Å². The molecule has 0 aromatic heterocycles. The topological polar surface area (TPSA) is 0 Å². The van der Waals surface area contributed by atoms with Crippen molar-refractivity contribution in [3.63, 3.8) is 0 Å². The van der Waals surface area contributed by atoms with E-state index in [2.05, 4.69) is 65.8 Å². The maximum Gasteiger partial charge on any atom is -0.00493 e. The standard InChI is InChI=1S/C34H62/c1-7-13-15-17-19-21-25-29-33(9-3,10-4)31-27-23-24-28-32(31)34(11-5,12-6)30-26-22-20-18-16-14-8-2/h23-24,27-28H,7-22,25-26,29-30H2,1-6H3. The maximum atomic E-state index is 2.52. The van der Waals surface area contributed by atoms with Crippen molar-refractivity contribution >= 4 is 0 Å². The van der Waals surface area contributed by atoms with E-state index in [-0.39, 0.29) is 0 Å². The Labute approximate surface area is 216 Å². The highest BCUT2D eigenvalue weighted by Gasteiger charge is 2.36. The van der Waals surface area contributed by atoms with E-state index in [4.69, 9.17) is 0 Å². The molecule has 0 aliphatic carbocycles. The van der Waals surface area contributed by atoms with Crippen LogP contribution < -0.4 is 0 Å². The molecule has 0 spiro atoms. The summed E-state index contributed by atoms with van der Waals surface area (Å²) in [6.45, 7) is 14.5. The van der Waals surface area contributed by atoms with Gasteiger partial charge in [0.2, 0.25) is 0 Å². The molecule has 0 nitrogen and oxygen atoms in total. The quantitative estimate of drug-likeness (QED) is 0.148. The van der Waals surface area contributed by atoms with Gasteiger partial charge in [-0.3, -0.25) is 0 Å². The summed E-state index contributed by atoms with van der Waals surface area (Å²) >= 11 is 0. The molecule has 0 heterocycles. The van der Waals surface area contributed by atoms with Gasteiger partial charge in [-0.05, 0) is 60.5 Å². The van der Waals surface area contributed by atoms with Gasteiger partial charge >= 0.3 is 0 Å². The minimum Gasteiger partial charge on any atom is -0.0654 e. The Morgan fingerprint density at radius 3 is 1.00 bits per heavy atom. The average molecular weight is 471 g/mol. The van der Waals surface area contributed by atoms with Crippen LogP contribution in [-0.4, -0.2) is 0 Å². The number of hydrogen-bond acceptors (Lipinski definition) is 0. The van der Waals surface area contributed by atoms with Gasteiger partial charge in [-0.15, -0.1) is 0 Å². The van der Waals surface area contributed by atoms with Gasteiger partial charge in [0.1, 0.15) is 0 Å². The smallest absolute Gasteiger partial charge is 0.00493 e. The van der Waals surface area contributed by atoms with Crippen molar-refractivity contribution in [2.75, 3.05) is 0 Å². The van der Waals surface area contributed by atoms with Crippen molar-refractivity contribution in [1.82, 2.24) is 0 Å². The highest BCUT2D eigenvalue weighted by Crippen LogP contribution is 2.46. The Bertz CT molecular complexity index is 537. The van der Waals surface area contributed by atoms with Gasteiger partial charge in [-0.25, -0.2) is 0 Å². The van der Waals surface area contributed by atoms with Gasteiger partial charge in [0.15, 0.2) is 0 Å². The van der Waals surface area contributed by atoms with Crippen molar-refractivity contribution in [3.05, 3.63) is 35.4 Å². The molecule has 0 atom stereocenters. The summed E-state index contributed by atoms with van der Waals surface area (Å²) in [6, 6.07) is 9.70. The monoisotopic (exact) mass is 470 g/mol. The van der Waals surface area contributed by atoms with Crippen molar-refractivity contribution in [1.29, 1.82) is 0 Å². The van der Waals surface area contributed by atoms with E-state index in [0.29, 0.717) is 10.8 Å². The van der Waals surface area contributed by atoms with Crippen LogP contribution in [0.4, 0.5) is 0 Å². The van der Waals surface area contributed by atoms with E-state index >= 15 is 0 Å². The molecular formula is C34H62. The predicted octanol–water partition coefficient (Wildman–Crippen LogP) is 12.1. The Balaban J connectivity index is 2.94. The number of unbranched alkanes of at least 4 members (excludes halogenated alkanes) is 12. The maximum absolute atomic E-state index is 2.52. The molecular weight excluding hydrogens is 408 g/mol. The highest BCUT2D eigenvalue weighted by atomic mass is 14.4. The molecule has 0 aliphatic rings. The van der Waals surface area contributed by atoms with E-state index in [1.165, 1.54) is 128 Å². The fourth-order valence-corrected chi connectivity index (χ4v) is 6.49. The predicted molar refractivity (Wildman–Crippen MR) is 156 cm³/mol. The van der Waals surface area contributed by atoms with Crippen LogP contribution in [0.2, 0.25) is 0 Å². The third kappa shape index (κ3) is 9.70. The first-order valence-corrected chi connectivity index (χ1v) is 15.7. The number of rotatable bonds is 22. The largest absolute Gasteiger partial charge is 0.0654 e. The first-order valence-electron chi connectivity index (χ1n) is 15.7. The molecule has 0 amide bonds. The molecule has 1 rings (SSSR count). The molecule has 1 aromatic carbocycles. The molecule has 0 radical (unpaired) electrons. The van der Waals surface area contributed by atoms with Crippen molar-refractivity contribution in [3.8, 4) is 0 Å². The fourth-order valence-electron chi connectivity index (χ4n) is 6.49. The lowest BCUT2D eigenvalue weighted by Crippen LogP contribution is -2.33. The molecule has 0 fully saturated rings. The van der Waals surface area contributed by atoms with Crippen LogP contribution in [0, 0.1) is 0 Å². The molecule has 198 valence electrons. The van der Waals surface area contributed by atoms with E-state index in [0.717, 1.165) is 0 Å². The lowest BCUT2D eigenvalue weighted by atomic mass is 9.63. The summed E-state index contributed by atoms with van der Waals surface area (Å²) < 4.78 is 0. The van der Waals surface area contributed by atoms with E-state index < -0.39 is 0 Å². The number of hydrogen-bond donors (Lipinski definition) is 0. The van der Waals surface area contributed by atoms with Crippen LogP contribution >= 0.6 is 0 Å². The van der Waals surface area contributed by atoms with Gasteiger partial charge in [0, 0.05) is 0 Å². The molecule has 0 unspecified atom stereocenters. The van der Waals surface area contributed by atoms with E-state index in [1.807, 2.05) is 0 Å². The second-order valence-corrected chi connectivity index (χ2v) is 11.3. The lowest BCUT2D eigenvalue weighted by Gasteiger charge is -2.41. The normalized spacial score (nSPS) is 12.4. The fraction of sp³-hybridized carbons (Fsp3) is 0.824. The molecule has 34 heavy (non-hydrogen) atoms. The molecule has 1 aromatic rings. The van der Waals surface area contributed by atoms with Gasteiger partial charge in [-0.1, -0.05) is 156 Å². The van der Waals surface area contributed by atoms with Crippen LogP contribution in [0.3, 0.4) is 0 Å². The Morgan fingerprint density at radius 1 is 0.412 bits per heavy atom. The van der Waals surface area contributed by atoms with Crippen molar-refractivity contribution < 1.29 is 0 Å². The zero-order valence-corrected chi connectivity index (χ0v) is 24.5. The third-order valence-corrected chi connectivity index (χ3v) is 9.29. The molecule has 0 saturated carbocycles. The summed E-state index contributed by atoms with van der Waals surface area (Å²) in [5.74, 6) is 0. The molecule has 0 N–H and O–H groups in total. The molecule has 0 heteroatoms. The molecule has 0 bridgehead atoms. The Hall–Kier alpha value is -0.780. The molecule has 0 aliphatic heterocycles. The van der Waals surface area contributed by atoms with E-state index in [9.17, 15) is 0 Å². The second-order valence-electron chi connectivity index (χ2n) is 11.3. The second kappa shape index (κ2) is 18.5. The van der Waals surface area contributed by atoms with Crippen LogP contribution in [-0.2, 0) is 10.8 Å².